The second-order valence-corrected chi connectivity index (χ2v) is 5.53. The van der Waals surface area contributed by atoms with Crippen LogP contribution in [0.4, 0.5) is 0 Å². The minimum atomic E-state index is -0.255. The van der Waals surface area contributed by atoms with Gasteiger partial charge in [0.15, 0.2) is 0 Å². The minimum absolute atomic E-state index is 0.126. The molecular weight excluding hydrogens is 317 g/mol. The lowest BCUT2D eigenvalue weighted by atomic mass is 10.3. The van der Waals surface area contributed by atoms with Crippen molar-refractivity contribution in [1.29, 1.82) is 0 Å². The molecule has 1 aliphatic rings. The summed E-state index contributed by atoms with van der Waals surface area (Å²) >= 11 is 11.9. The van der Waals surface area contributed by atoms with E-state index in [9.17, 15) is 4.79 Å². The fraction of sp³-hybridized carbons (Fsp3) is 0.500. The van der Waals surface area contributed by atoms with Crippen molar-refractivity contribution in [3.8, 4) is 5.75 Å². The molecule has 0 saturated carbocycles. The van der Waals surface area contributed by atoms with Gasteiger partial charge in [-0.25, -0.2) is 0 Å². The minimum Gasteiger partial charge on any atom is -0.489 e. The largest absolute Gasteiger partial charge is 0.489 e. The van der Waals surface area contributed by atoms with Crippen LogP contribution in [0.15, 0.2) is 18.2 Å². The Balaban J connectivity index is 1.85. The molecule has 1 aromatic carbocycles. The van der Waals surface area contributed by atoms with Crippen LogP contribution in [0.25, 0.3) is 0 Å². The Morgan fingerprint density at radius 2 is 2.29 bits per heavy atom. The maximum absolute atomic E-state index is 11.3. The van der Waals surface area contributed by atoms with E-state index in [0.29, 0.717) is 42.1 Å². The van der Waals surface area contributed by atoms with Crippen molar-refractivity contribution in [3.05, 3.63) is 28.2 Å². The Kier molecular flexibility index (Phi) is 6.11. The van der Waals surface area contributed by atoms with Crippen molar-refractivity contribution in [2.75, 3.05) is 40.0 Å². The van der Waals surface area contributed by atoms with Gasteiger partial charge in [0.2, 0.25) is 0 Å². The van der Waals surface area contributed by atoms with E-state index in [4.69, 9.17) is 32.7 Å². The Morgan fingerprint density at radius 3 is 3.05 bits per heavy atom. The Bertz CT molecular complexity index is 498. The van der Waals surface area contributed by atoms with Crippen LogP contribution in [0.3, 0.4) is 0 Å². The molecule has 1 aliphatic heterocycles. The van der Waals surface area contributed by atoms with Crippen molar-refractivity contribution >= 4 is 29.2 Å². The smallest absolute Gasteiger partial charge is 0.319 e. The summed E-state index contributed by atoms with van der Waals surface area (Å²) < 4.78 is 15.9. The summed E-state index contributed by atoms with van der Waals surface area (Å²) in [6.07, 6.45) is -0.126. The number of hydrogen-bond donors (Lipinski definition) is 0. The first-order chi connectivity index (χ1) is 10.1. The highest BCUT2D eigenvalue weighted by Crippen LogP contribution is 2.28. The fourth-order valence-electron chi connectivity index (χ4n) is 2.04. The van der Waals surface area contributed by atoms with Crippen LogP contribution in [-0.4, -0.2) is 56.9 Å². The van der Waals surface area contributed by atoms with Gasteiger partial charge < -0.3 is 14.2 Å². The van der Waals surface area contributed by atoms with Crippen molar-refractivity contribution in [1.82, 2.24) is 4.90 Å². The molecule has 0 aromatic heterocycles. The maximum atomic E-state index is 11.3. The number of methoxy groups -OCH3 is 1. The fourth-order valence-corrected chi connectivity index (χ4v) is 2.38. The quantitative estimate of drug-likeness (QED) is 0.773. The highest BCUT2D eigenvalue weighted by atomic mass is 35.5. The number of rotatable bonds is 5. The Morgan fingerprint density at radius 1 is 1.48 bits per heavy atom. The van der Waals surface area contributed by atoms with Gasteiger partial charge in [-0.2, -0.15) is 0 Å². The highest BCUT2D eigenvalue weighted by molar-refractivity contribution is 6.34. The molecule has 1 saturated heterocycles. The normalized spacial score (nSPS) is 19.3. The zero-order valence-electron chi connectivity index (χ0n) is 11.7. The molecule has 2 rings (SSSR count). The number of ether oxygens (including phenoxy) is 3. The van der Waals surface area contributed by atoms with Gasteiger partial charge in [0.25, 0.3) is 0 Å². The van der Waals surface area contributed by atoms with Crippen LogP contribution in [0, 0.1) is 0 Å². The standard InChI is InChI=1S/C14H17Cl2NO4/c1-19-14(18)8-17-4-5-20-11(7-17)9-21-13-6-10(15)2-3-12(13)16/h2-3,6,11H,4-5,7-9H2,1H3/t11-/m0/s1. The highest BCUT2D eigenvalue weighted by Gasteiger charge is 2.23. The predicted molar refractivity (Wildman–Crippen MR) is 80.2 cm³/mol. The number of benzene rings is 1. The topological polar surface area (TPSA) is 48.0 Å². The zero-order valence-corrected chi connectivity index (χ0v) is 13.2. The van der Waals surface area contributed by atoms with E-state index < -0.39 is 0 Å². The van der Waals surface area contributed by atoms with E-state index in [1.165, 1.54) is 7.11 Å². The number of hydrogen-bond acceptors (Lipinski definition) is 5. The van der Waals surface area contributed by atoms with Gasteiger partial charge in [-0.05, 0) is 12.1 Å². The number of carbonyl (C=O) groups excluding carboxylic acids is 1. The molecule has 1 aromatic rings. The summed E-state index contributed by atoms with van der Waals surface area (Å²) in [7, 11) is 1.38. The Labute approximate surface area is 133 Å². The molecule has 1 atom stereocenters. The lowest BCUT2D eigenvalue weighted by molar-refractivity contribution is -0.144. The second-order valence-electron chi connectivity index (χ2n) is 4.69. The summed E-state index contributed by atoms with van der Waals surface area (Å²) in [5, 5.41) is 1.06. The number of esters is 1. The summed E-state index contributed by atoms with van der Waals surface area (Å²) in [6, 6.07) is 5.05. The molecular formula is C14H17Cl2NO4. The molecule has 7 heteroatoms. The average Bonchev–Trinajstić information content (AvgIpc) is 2.48. The second kappa shape index (κ2) is 7.84. The number of morpholine rings is 1. The number of carbonyl (C=O) groups is 1. The summed E-state index contributed by atoms with van der Waals surface area (Å²) in [4.78, 5) is 13.3. The van der Waals surface area contributed by atoms with Crippen LogP contribution in [0.5, 0.6) is 5.75 Å². The van der Waals surface area contributed by atoms with Crippen molar-refractivity contribution < 1.29 is 19.0 Å². The molecule has 0 radical (unpaired) electrons. The molecule has 116 valence electrons. The molecule has 0 aliphatic carbocycles. The van der Waals surface area contributed by atoms with Gasteiger partial charge in [-0.15, -0.1) is 0 Å². The third-order valence-electron chi connectivity index (χ3n) is 3.12. The Hall–Kier alpha value is -1.01. The third-order valence-corrected chi connectivity index (χ3v) is 3.67. The maximum Gasteiger partial charge on any atom is 0.319 e. The lowest BCUT2D eigenvalue weighted by Gasteiger charge is -2.31. The molecule has 0 spiro atoms. The molecule has 0 N–H and O–H groups in total. The number of nitrogens with zero attached hydrogens (tertiary/aromatic N) is 1. The zero-order chi connectivity index (χ0) is 15.2. The first-order valence-corrected chi connectivity index (χ1v) is 7.32. The number of halogens is 2. The molecule has 0 bridgehead atoms. The predicted octanol–water partition coefficient (Wildman–Crippen LogP) is 2.25. The van der Waals surface area contributed by atoms with Crippen molar-refractivity contribution in [2.45, 2.75) is 6.10 Å². The van der Waals surface area contributed by atoms with Crippen molar-refractivity contribution in [2.24, 2.45) is 0 Å². The van der Waals surface area contributed by atoms with Gasteiger partial charge in [0.1, 0.15) is 18.5 Å². The van der Waals surface area contributed by atoms with Gasteiger partial charge in [0, 0.05) is 24.2 Å². The van der Waals surface area contributed by atoms with Crippen LogP contribution < -0.4 is 4.74 Å². The van der Waals surface area contributed by atoms with Crippen LogP contribution in [-0.2, 0) is 14.3 Å². The van der Waals surface area contributed by atoms with E-state index in [2.05, 4.69) is 4.74 Å². The molecule has 1 fully saturated rings. The third kappa shape index (κ3) is 5.04. The van der Waals surface area contributed by atoms with Crippen LogP contribution >= 0.6 is 23.2 Å². The summed E-state index contributed by atoms with van der Waals surface area (Å²) in [5.41, 5.74) is 0. The van der Waals surface area contributed by atoms with Gasteiger partial charge in [-0.1, -0.05) is 23.2 Å². The van der Waals surface area contributed by atoms with Gasteiger partial charge in [-0.3, -0.25) is 9.69 Å². The monoisotopic (exact) mass is 333 g/mol. The summed E-state index contributed by atoms with van der Waals surface area (Å²) in [6.45, 7) is 2.46. The van der Waals surface area contributed by atoms with E-state index in [1.54, 1.807) is 18.2 Å². The molecule has 21 heavy (non-hydrogen) atoms. The van der Waals surface area contributed by atoms with Gasteiger partial charge >= 0.3 is 5.97 Å². The van der Waals surface area contributed by atoms with Crippen molar-refractivity contribution in [3.63, 3.8) is 0 Å². The van der Waals surface area contributed by atoms with E-state index in [1.807, 2.05) is 4.90 Å². The molecule has 1 heterocycles. The van der Waals surface area contributed by atoms with E-state index in [-0.39, 0.29) is 18.6 Å². The average molecular weight is 334 g/mol. The van der Waals surface area contributed by atoms with Gasteiger partial charge in [0.05, 0.1) is 25.3 Å². The molecule has 5 nitrogen and oxygen atoms in total. The first kappa shape index (κ1) is 16.4. The first-order valence-electron chi connectivity index (χ1n) is 6.57. The van der Waals surface area contributed by atoms with Crippen LogP contribution in [0.1, 0.15) is 0 Å². The SMILES string of the molecule is COC(=O)CN1CCO[C@H](COc2cc(Cl)ccc2Cl)C1. The van der Waals surface area contributed by atoms with E-state index >= 15 is 0 Å². The molecule has 0 amide bonds. The van der Waals surface area contributed by atoms with Crippen LogP contribution in [0.2, 0.25) is 10.0 Å². The molecule has 0 unspecified atom stereocenters. The lowest BCUT2D eigenvalue weighted by Crippen LogP contribution is -2.46. The van der Waals surface area contributed by atoms with E-state index in [0.717, 1.165) is 0 Å². The summed E-state index contributed by atoms with van der Waals surface area (Å²) in [5.74, 6) is 0.271.